The van der Waals surface area contributed by atoms with Crippen LogP contribution in [-0.4, -0.2) is 28.6 Å². The molecule has 0 aliphatic heterocycles. The maximum atomic E-state index is 12.3. The van der Waals surface area contributed by atoms with Crippen LogP contribution in [0.4, 0.5) is 14.9 Å². The number of benzene rings is 1. The van der Waals surface area contributed by atoms with Gasteiger partial charge in [-0.2, -0.15) is 0 Å². The van der Waals surface area contributed by atoms with E-state index in [4.69, 9.17) is 4.74 Å². The molecule has 1 unspecified atom stereocenters. The average Bonchev–Trinajstić information content (AvgIpc) is 2.25. The van der Waals surface area contributed by atoms with Crippen LogP contribution in [0.5, 0.6) is 5.75 Å². The van der Waals surface area contributed by atoms with Crippen molar-refractivity contribution >= 4 is 11.8 Å². The number of hydrogen-bond acceptors (Lipinski definition) is 4. The van der Waals surface area contributed by atoms with E-state index in [9.17, 15) is 19.4 Å². The summed E-state index contributed by atoms with van der Waals surface area (Å²) in [6.45, 7) is 4.19. The summed E-state index contributed by atoms with van der Waals surface area (Å²) >= 11 is 0. The number of carbonyl (C=O) groups excluding carboxylic acids is 1. The topological polar surface area (TPSA) is 78.8 Å². The molecule has 0 aliphatic rings. The second-order valence-electron chi connectivity index (χ2n) is 5.07. The van der Waals surface area contributed by atoms with Crippen LogP contribution >= 0.6 is 0 Å². The van der Waals surface area contributed by atoms with E-state index in [-0.39, 0.29) is 11.3 Å². The maximum absolute atomic E-state index is 12.3. The molecule has 1 amide bonds. The molecule has 6 heteroatoms. The molecule has 3 N–H and O–H groups in total. The van der Waals surface area contributed by atoms with Gasteiger partial charge in [0.25, 0.3) is 0 Å². The molecule has 0 saturated heterocycles. The fourth-order valence-electron chi connectivity index (χ4n) is 1.41. The van der Waals surface area contributed by atoms with Gasteiger partial charge in [0, 0.05) is 17.3 Å². The first kappa shape index (κ1) is 15.2. The molecule has 0 aromatic heterocycles. The largest absolute Gasteiger partial charge is 0.507 e. The number of phenolic OH excluding ortho intramolecular Hbond substituents is 1. The first-order valence-corrected chi connectivity index (χ1v) is 5.80. The molecule has 5 nitrogen and oxygen atoms in total. The molecular formula is C13H18FNO4. The summed E-state index contributed by atoms with van der Waals surface area (Å²) in [5.41, 5.74) is -0.268. The van der Waals surface area contributed by atoms with E-state index in [0.29, 0.717) is 5.69 Å². The molecule has 0 spiro atoms. The molecule has 0 saturated carbocycles. The Kier molecular flexibility index (Phi) is 4.72. The number of rotatable bonds is 3. The number of amides is 1. The van der Waals surface area contributed by atoms with Gasteiger partial charge in [-0.05, 0) is 26.8 Å². The highest BCUT2D eigenvalue weighted by molar-refractivity contribution is 5.85. The highest BCUT2D eigenvalue weighted by Gasteiger charge is 2.17. The van der Waals surface area contributed by atoms with Gasteiger partial charge in [0.15, 0.2) is 0 Å². The van der Waals surface area contributed by atoms with Gasteiger partial charge < -0.3 is 14.9 Å². The van der Waals surface area contributed by atoms with Gasteiger partial charge in [-0.25, -0.2) is 9.18 Å². The van der Waals surface area contributed by atoms with Crippen molar-refractivity contribution in [2.75, 3.05) is 12.0 Å². The van der Waals surface area contributed by atoms with Crippen molar-refractivity contribution in [1.29, 1.82) is 0 Å². The Morgan fingerprint density at radius 2 is 2.11 bits per heavy atom. The van der Waals surface area contributed by atoms with Crippen molar-refractivity contribution in [1.82, 2.24) is 0 Å². The second kappa shape index (κ2) is 5.88. The zero-order valence-corrected chi connectivity index (χ0v) is 11.1. The molecule has 1 aromatic carbocycles. The number of ether oxygens (including phenoxy) is 1. The van der Waals surface area contributed by atoms with E-state index in [2.05, 4.69) is 5.32 Å². The van der Waals surface area contributed by atoms with Crippen LogP contribution in [0.25, 0.3) is 0 Å². The lowest BCUT2D eigenvalue weighted by Crippen LogP contribution is -2.27. The minimum Gasteiger partial charge on any atom is -0.507 e. The number of aliphatic hydroxyl groups excluding tert-OH is 1. The predicted molar refractivity (Wildman–Crippen MR) is 68.9 cm³/mol. The van der Waals surface area contributed by atoms with Crippen LogP contribution in [0.15, 0.2) is 18.2 Å². The Balaban J connectivity index is 2.76. The van der Waals surface area contributed by atoms with Crippen molar-refractivity contribution in [3.8, 4) is 5.75 Å². The number of aliphatic hydroxyl groups is 1. The Hall–Kier alpha value is -1.82. The average molecular weight is 271 g/mol. The first-order chi connectivity index (χ1) is 8.73. The molecule has 0 bridgehead atoms. The fraction of sp³-hybridized carbons (Fsp3) is 0.462. The zero-order chi connectivity index (χ0) is 14.6. The van der Waals surface area contributed by atoms with Crippen molar-refractivity contribution in [2.45, 2.75) is 32.5 Å². The van der Waals surface area contributed by atoms with E-state index in [0.717, 1.165) is 0 Å². The minimum absolute atomic E-state index is 0.0669. The fourth-order valence-corrected chi connectivity index (χ4v) is 1.41. The van der Waals surface area contributed by atoms with Crippen LogP contribution in [-0.2, 0) is 4.74 Å². The molecule has 1 atom stereocenters. The van der Waals surface area contributed by atoms with E-state index in [1.54, 1.807) is 20.8 Å². The third kappa shape index (κ3) is 4.75. The molecule has 106 valence electrons. The number of halogens is 1. The number of carbonyl (C=O) groups is 1. The third-order valence-electron chi connectivity index (χ3n) is 2.18. The summed E-state index contributed by atoms with van der Waals surface area (Å²) in [6, 6.07) is 4.00. The van der Waals surface area contributed by atoms with E-state index < -0.39 is 24.5 Å². The normalized spacial score (nSPS) is 12.9. The summed E-state index contributed by atoms with van der Waals surface area (Å²) in [6.07, 6.45) is -2.04. The summed E-state index contributed by atoms with van der Waals surface area (Å²) in [5, 5.41) is 21.3. The van der Waals surface area contributed by atoms with Crippen LogP contribution in [0.3, 0.4) is 0 Å². The molecule has 1 aromatic rings. The van der Waals surface area contributed by atoms with Crippen molar-refractivity contribution in [3.05, 3.63) is 23.8 Å². The van der Waals surface area contributed by atoms with Gasteiger partial charge in [-0.15, -0.1) is 0 Å². The highest BCUT2D eigenvalue weighted by Crippen LogP contribution is 2.27. The number of anilines is 1. The second-order valence-corrected chi connectivity index (χ2v) is 5.07. The lowest BCUT2D eigenvalue weighted by Gasteiger charge is -2.20. The number of nitrogens with one attached hydrogen (secondary N) is 1. The quantitative estimate of drug-likeness (QED) is 0.789. The van der Waals surface area contributed by atoms with E-state index >= 15 is 0 Å². The van der Waals surface area contributed by atoms with Gasteiger partial charge in [-0.1, -0.05) is 6.07 Å². The van der Waals surface area contributed by atoms with Crippen molar-refractivity contribution < 1.29 is 24.1 Å². The van der Waals surface area contributed by atoms with Crippen LogP contribution in [0.1, 0.15) is 32.4 Å². The number of aromatic hydroxyl groups is 1. The lowest BCUT2D eigenvalue weighted by molar-refractivity contribution is 0.0636. The van der Waals surface area contributed by atoms with Crippen molar-refractivity contribution in [3.63, 3.8) is 0 Å². The smallest absolute Gasteiger partial charge is 0.412 e. The molecule has 1 rings (SSSR count). The Bertz CT molecular complexity index is 456. The van der Waals surface area contributed by atoms with Crippen LogP contribution in [0.2, 0.25) is 0 Å². The van der Waals surface area contributed by atoms with Gasteiger partial charge in [0.1, 0.15) is 24.1 Å². The molecule has 0 heterocycles. The maximum Gasteiger partial charge on any atom is 0.412 e. The van der Waals surface area contributed by atoms with Gasteiger partial charge in [-0.3, -0.25) is 5.32 Å². The Morgan fingerprint density at radius 1 is 1.47 bits per heavy atom. The Morgan fingerprint density at radius 3 is 2.58 bits per heavy atom. The third-order valence-corrected chi connectivity index (χ3v) is 2.18. The predicted octanol–water partition coefficient (Wildman–Crippen LogP) is 2.74. The summed E-state index contributed by atoms with van der Waals surface area (Å²) in [7, 11) is 0. The van der Waals surface area contributed by atoms with Gasteiger partial charge >= 0.3 is 6.09 Å². The van der Waals surface area contributed by atoms with E-state index in [1.807, 2.05) is 0 Å². The number of alkyl halides is 1. The number of phenols is 1. The van der Waals surface area contributed by atoms with Crippen LogP contribution in [0, 0.1) is 0 Å². The first-order valence-electron chi connectivity index (χ1n) is 5.80. The number of hydrogen-bond donors (Lipinski definition) is 3. The SMILES string of the molecule is CC(C)(C)OC(=O)Nc1ccc(C(O)CF)c(O)c1. The van der Waals surface area contributed by atoms with Crippen molar-refractivity contribution in [2.24, 2.45) is 0 Å². The zero-order valence-electron chi connectivity index (χ0n) is 11.1. The summed E-state index contributed by atoms with van der Waals surface area (Å²) in [4.78, 5) is 11.5. The molecule has 0 aliphatic carbocycles. The molecular weight excluding hydrogens is 253 g/mol. The van der Waals surface area contributed by atoms with Gasteiger partial charge in [0.2, 0.25) is 0 Å². The van der Waals surface area contributed by atoms with Crippen LogP contribution < -0.4 is 5.32 Å². The standard InChI is InChI=1S/C13H18FNO4/c1-13(2,3)19-12(18)15-8-4-5-9(10(16)6-8)11(17)7-14/h4-6,11,16-17H,7H2,1-3H3,(H,15,18). The summed E-state index contributed by atoms with van der Waals surface area (Å²) in [5.74, 6) is -0.293. The molecule has 0 radical (unpaired) electrons. The minimum atomic E-state index is -1.38. The molecule has 0 fully saturated rings. The Labute approximate surface area is 111 Å². The highest BCUT2D eigenvalue weighted by atomic mass is 19.1. The summed E-state index contributed by atoms with van der Waals surface area (Å²) < 4.78 is 17.3. The van der Waals surface area contributed by atoms with Gasteiger partial charge in [0.05, 0.1) is 0 Å². The monoisotopic (exact) mass is 271 g/mol. The lowest BCUT2D eigenvalue weighted by atomic mass is 10.1. The molecule has 19 heavy (non-hydrogen) atoms. The van der Waals surface area contributed by atoms with E-state index in [1.165, 1.54) is 18.2 Å².